The van der Waals surface area contributed by atoms with E-state index in [1.54, 1.807) is 0 Å². The predicted molar refractivity (Wildman–Crippen MR) is 116 cm³/mol. The van der Waals surface area contributed by atoms with Crippen molar-refractivity contribution in [3.05, 3.63) is 72.4 Å². The lowest BCUT2D eigenvalue weighted by molar-refractivity contribution is 0.126. The minimum Gasteiger partial charge on any atom is -0.344 e. The average Bonchev–Trinajstić information content (AvgIpc) is 2.73. The maximum Gasteiger partial charge on any atom is 0.321 e. The van der Waals surface area contributed by atoms with Crippen molar-refractivity contribution in [3.63, 3.8) is 0 Å². The van der Waals surface area contributed by atoms with Gasteiger partial charge in [-0.15, -0.1) is 0 Å². The Bertz CT molecular complexity index is 849. The number of para-hydroxylation sites is 1. The molecule has 2 aromatic rings. The van der Waals surface area contributed by atoms with Crippen LogP contribution in [0.1, 0.15) is 38.2 Å². The van der Waals surface area contributed by atoms with Crippen molar-refractivity contribution < 1.29 is 4.79 Å². The maximum absolute atomic E-state index is 12.7. The number of benzene rings is 2. The van der Waals surface area contributed by atoms with E-state index < -0.39 is 0 Å². The van der Waals surface area contributed by atoms with Gasteiger partial charge in [-0.3, -0.25) is 0 Å². The molecule has 2 heterocycles. The number of rotatable bonds is 3. The van der Waals surface area contributed by atoms with Crippen LogP contribution >= 0.6 is 0 Å². The molecule has 4 nitrogen and oxygen atoms in total. The Morgan fingerprint density at radius 3 is 2.25 bits per heavy atom. The predicted octanol–water partition coefficient (Wildman–Crippen LogP) is 5.46. The zero-order valence-electron chi connectivity index (χ0n) is 16.8. The molecular weight excluding hydrogens is 346 g/mol. The standard InChI is InChI=1S/C24H29N3O/c1-18(2)20-9-11-21(12-10-20)25-23(28)26-15-13-24(14-16-26)17-27(19(24)3)22-7-5-4-6-8-22/h4-12,18H,3,13-17H2,1-2H3,(H,25,28). The first-order valence-corrected chi connectivity index (χ1v) is 10.2. The zero-order valence-corrected chi connectivity index (χ0v) is 16.8. The number of urea groups is 1. The molecule has 2 aliphatic rings. The molecular formula is C24H29N3O. The van der Waals surface area contributed by atoms with E-state index in [4.69, 9.17) is 0 Å². The summed E-state index contributed by atoms with van der Waals surface area (Å²) in [7, 11) is 0. The summed E-state index contributed by atoms with van der Waals surface area (Å²) in [6, 6.07) is 18.6. The van der Waals surface area contributed by atoms with Crippen molar-refractivity contribution in [1.29, 1.82) is 0 Å². The van der Waals surface area contributed by atoms with Gasteiger partial charge in [0, 0.05) is 42.1 Å². The van der Waals surface area contributed by atoms with Crippen molar-refractivity contribution in [2.45, 2.75) is 32.6 Å². The van der Waals surface area contributed by atoms with Gasteiger partial charge in [0.2, 0.25) is 0 Å². The summed E-state index contributed by atoms with van der Waals surface area (Å²) in [5.41, 5.74) is 4.71. The average molecular weight is 376 g/mol. The SMILES string of the molecule is C=C1N(c2ccccc2)CC12CCN(C(=O)Nc1ccc(C(C)C)cc1)CC2. The second-order valence-corrected chi connectivity index (χ2v) is 8.34. The maximum atomic E-state index is 12.7. The quantitative estimate of drug-likeness (QED) is 0.773. The normalized spacial score (nSPS) is 18.3. The van der Waals surface area contributed by atoms with E-state index >= 15 is 0 Å². The Morgan fingerprint density at radius 2 is 1.68 bits per heavy atom. The molecule has 0 aromatic heterocycles. The lowest BCUT2D eigenvalue weighted by atomic mass is 9.69. The second-order valence-electron chi connectivity index (χ2n) is 8.34. The van der Waals surface area contributed by atoms with E-state index in [0.29, 0.717) is 5.92 Å². The Kier molecular flexibility index (Phi) is 4.88. The van der Waals surface area contributed by atoms with E-state index in [1.807, 2.05) is 23.1 Å². The molecule has 28 heavy (non-hydrogen) atoms. The molecule has 0 saturated carbocycles. The summed E-state index contributed by atoms with van der Waals surface area (Å²) >= 11 is 0. The van der Waals surface area contributed by atoms with Crippen LogP contribution in [0.2, 0.25) is 0 Å². The van der Waals surface area contributed by atoms with Crippen LogP contribution in [0.15, 0.2) is 66.9 Å². The first-order chi connectivity index (χ1) is 13.5. The molecule has 0 aliphatic carbocycles. The summed E-state index contributed by atoms with van der Waals surface area (Å²) in [4.78, 5) is 16.9. The Hall–Kier alpha value is -2.75. The van der Waals surface area contributed by atoms with Crippen LogP contribution in [0, 0.1) is 5.41 Å². The van der Waals surface area contributed by atoms with Crippen molar-refractivity contribution in [2.75, 3.05) is 29.9 Å². The van der Waals surface area contributed by atoms with Gasteiger partial charge in [0.1, 0.15) is 0 Å². The number of nitrogens with one attached hydrogen (secondary N) is 1. The van der Waals surface area contributed by atoms with E-state index in [-0.39, 0.29) is 11.4 Å². The van der Waals surface area contributed by atoms with Crippen LogP contribution in [0.5, 0.6) is 0 Å². The number of nitrogens with zero attached hydrogens (tertiary/aromatic N) is 2. The van der Waals surface area contributed by atoms with Gasteiger partial charge in [-0.25, -0.2) is 4.79 Å². The highest BCUT2D eigenvalue weighted by Crippen LogP contribution is 2.50. The van der Waals surface area contributed by atoms with Crippen LogP contribution in [0.3, 0.4) is 0 Å². The van der Waals surface area contributed by atoms with E-state index in [0.717, 1.165) is 38.2 Å². The molecule has 2 saturated heterocycles. The van der Waals surface area contributed by atoms with Crippen molar-refractivity contribution in [2.24, 2.45) is 5.41 Å². The van der Waals surface area contributed by atoms with Gasteiger partial charge >= 0.3 is 6.03 Å². The van der Waals surface area contributed by atoms with Crippen LogP contribution in [0.25, 0.3) is 0 Å². The van der Waals surface area contributed by atoms with Crippen molar-refractivity contribution in [3.8, 4) is 0 Å². The molecule has 0 unspecified atom stereocenters. The Balaban J connectivity index is 1.32. The van der Waals surface area contributed by atoms with Gasteiger partial charge < -0.3 is 15.1 Å². The van der Waals surface area contributed by atoms with E-state index in [9.17, 15) is 4.79 Å². The molecule has 1 spiro atoms. The van der Waals surface area contributed by atoms with Gasteiger partial charge in [0.25, 0.3) is 0 Å². The third kappa shape index (κ3) is 3.39. The lowest BCUT2D eigenvalue weighted by Crippen LogP contribution is -2.59. The highest BCUT2D eigenvalue weighted by Gasteiger charge is 2.49. The molecule has 146 valence electrons. The fourth-order valence-corrected chi connectivity index (χ4v) is 4.28. The van der Waals surface area contributed by atoms with Gasteiger partial charge in [-0.05, 0) is 48.6 Å². The highest BCUT2D eigenvalue weighted by molar-refractivity contribution is 5.89. The summed E-state index contributed by atoms with van der Waals surface area (Å²) in [5, 5.41) is 3.04. The second kappa shape index (κ2) is 7.34. The third-order valence-corrected chi connectivity index (χ3v) is 6.30. The Morgan fingerprint density at radius 1 is 1.04 bits per heavy atom. The number of likely N-dealkylation sites (tertiary alicyclic amines) is 1. The number of piperidine rings is 1. The number of hydrogen-bond acceptors (Lipinski definition) is 2. The molecule has 0 bridgehead atoms. The molecule has 4 rings (SSSR count). The van der Waals surface area contributed by atoms with Crippen LogP contribution in [0.4, 0.5) is 16.2 Å². The van der Waals surface area contributed by atoms with Gasteiger partial charge in [0.15, 0.2) is 0 Å². The minimum atomic E-state index is -0.00278. The summed E-state index contributed by atoms with van der Waals surface area (Å²) in [6.07, 6.45) is 1.96. The third-order valence-electron chi connectivity index (χ3n) is 6.30. The Labute approximate surface area is 167 Å². The number of hydrogen-bond donors (Lipinski definition) is 1. The molecule has 0 atom stereocenters. The number of anilines is 2. The molecule has 2 fully saturated rings. The smallest absolute Gasteiger partial charge is 0.321 e. The van der Waals surface area contributed by atoms with E-state index in [2.05, 4.69) is 67.0 Å². The molecule has 2 aromatic carbocycles. The molecule has 1 N–H and O–H groups in total. The van der Waals surface area contributed by atoms with Gasteiger partial charge in [-0.2, -0.15) is 0 Å². The van der Waals surface area contributed by atoms with Crippen LogP contribution < -0.4 is 10.2 Å². The minimum absolute atomic E-state index is 0.00278. The van der Waals surface area contributed by atoms with Gasteiger partial charge in [0.05, 0.1) is 0 Å². The lowest BCUT2D eigenvalue weighted by Gasteiger charge is -2.56. The fourth-order valence-electron chi connectivity index (χ4n) is 4.28. The van der Waals surface area contributed by atoms with Crippen molar-refractivity contribution in [1.82, 2.24) is 4.90 Å². The number of carbonyl (C=O) groups excluding carboxylic acids is 1. The fraction of sp³-hybridized carbons (Fsp3) is 0.375. The molecule has 4 heteroatoms. The topological polar surface area (TPSA) is 35.6 Å². The molecule has 2 amide bonds. The number of carbonyl (C=O) groups is 1. The largest absolute Gasteiger partial charge is 0.344 e. The first-order valence-electron chi connectivity index (χ1n) is 10.2. The van der Waals surface area contributed by atoms with E-state index in [1.165, 1.54) is 16.9 Å². The zero-order chi connectivity index (χ0) is 19.7. The summed E-state index contributed by atoms with van der Waals surface area (Å²) < 4.78 is 0. The van der Waals surface area contributed by atoms with Crippen LogP contribution in [-0.4, -0.2) is 30.6 Å². The molecule has 0 radical (unpaired) electrons. The van der Waals surface area contributed by atoms with Crippen molar-refractivity contribution >= 4 is 17.4 Å². The highest BCUT2D eigenvalue weighted by atomic mass is 16.2. The summed E-state index contributed by atoms with van der Waals surface area (Å²) in [5.74, 6) is 0.495. The van der Waals surface area contributed by atoms with Crippen LogP contribution in [-0.2, 0) is 0 Å². The van der Waals surface area contributed by atoms with Gasteiger partial charge in [-0.1, -0.05) is 50.8 Å². The summed E-state index contributed by atoms with van der Waals surface area (Å²) in [6.45, 7) is 11.3. The monoisotopic (exact) mass is 375 g/mol. The molecule has 2 aliphatic heterocycles. The first kappa shape index (κ1) is 18.6. The number of amides is 2.